The number of rotatable bonds is 6. The maximum Gasteiger partial charge on any atom is 0.267 e. The van der Waals surface area contributed by atoms with Crippen molar-refractivity contribution in [1.29, 1.82) is 5.26 Å². The molecule has 0 saturated carbocycles. The van der Waals surface area contributed by atoms with Gasteiger partial charge in [0.15, 0.2) is 0 Å². The zero-order valence-corrected chi connectivity index (χ0v) is 15.4. The van der Waals surface area contributed by atoms with Crippen LogP contribution in [0.15, 0.2) is 43.1 Å². The quantitative estimate of drug-likeness (QED) is 0.708. The third-order valence-electron chi connectivity index (χ3n) is 4.11. The summed E-state index contributed by atoms with van der Waals surface area (Å²) < 4.78 is 3.34. The largest absolute Gasteiger partial charge is 0.364 e. The summed E-state index contributed by atoms with van der Waals surface area (Å²) >= 11 is 6.09. The molecule has 3 rings (SSSR count). The molecule has 1 atom stereocenters. The van der Waals surface area contributed by atoms with Crippen molar-refractivity contribution in [3.05, 3.63) is 65.1 Å². The summed E-state index contributed by atoms with van der Waals surface area (Å²) in [5.41, 5.74) is 8.32. The average Bonchev–Trinajstić information content (AvgIpc) is 3.28. The Balaban J connectivity index is 1.83. The lowest BCUT2D eigenvalue weighted by molar-refractivity contribution is 0.0987. The highest BCUT2D eigenvalue weighted by Gasteiger charge is 2.17. The molecule has 3 aromatic rings. The standard InChI is InChI=1S/C19H17ClN6O/c1-3-15-9-18(19(22)27)26(23-15)12(2)11-25-7-6-17(24-25)13-4-5-14(10-21)16(20)8-13/h3-9,12H,1,11H2,2H3,(H2,22,27)/t12-/m0/s1. The number of halogens is 1. The highest BCUT2D eigenvalue weighted by molar-refractivity contribution is 6.32. The smallest absolute Gasteiger partial charge is 0.267 e. The van der Waals surface area contributed by atoms with Crippen LogP contribution in [0.3, 0.4) is 0 Å². The van der Waals surface area contributed by atoms with E-state index in [1.807, 2.05) is 25.3 Å². The maximum atomic E-state index is 11.7. The minimum atomic E-state index is -0.546. The number of aromatic nitrogens is 4. The number of nitrogens with zero attached hydrogens (tertiary/aromatic N) is 5. The van der Waals surface area contributed by atoms with E-state index < -0.39 is 5.91 Å². The molecule has 136 valence electrons. The van der Waals surface area contributed by atoms with Crippen molar-refractivity contribution in [2.24, 2.45) is 5.73 Å². The van der Waals surface area contributed by atoms with Gasteiger partial charge in [0.1, 0.15) is 11.8 Å². The molecule has 2 aromatic heterocycles. The number of nitrogens with two attached hydrogens (primary N) is 1. The molecule has 0 saturated heterocycles. The van der Waals surface area contributed by atoms with E-state index in [0.29, 0.717) is 28.5 Å². The van der Waals surface area contributed by atoms with Gasteiger partial charge in [-0.1, -0.05) is 24.2 Å². The molecule has 7 nitrogen and oxygen atoms in total. The van der Waals surface area contributed by atoms with Crippen LogP contribution in [-0.2, 0) is 6.54 Å². The van der Waals surface area contributed by atoms with Gasteiger partial charge >= 0.3 is 0 Å². The van der Waals surface area contributed by atoms with Gasteiger partial charge in [-0.3, -0.25) is 14.2 Å². The summed E-state index contributed by atoms with van der Waals surface area (Å²) in [5, 5.41) is 18.2. The van der Waals surface area contributed by atoms with E-state index >= 15 is 0 Å². The molecule has 0 unspecified atom stereocenters. The third-order valence-corrected chi connectivity index (χ3v) is 4.42. The normalized spacial score (nSPS) is 11.7. The van der Waals surface area contributed by atoms with Crippen molar-refractivity contribution < 1.29 is 4.79 Å². The molecule has 0 fully saturated rings. The van der Waals surface area contributed by atoms with Crippen LogP contribution in [-0.4, -0.2) is 25.5 Å². The highest BCUT2D eigenvalue weighted by atomic mass is 35.5. The van der Waals surface area contributed by atoms with Gasteiger partial charge in [-0.2, -0.15) is 15.5 Å². The van der Waals surface area contributed by atoms with E-state index in [2.05, 4.69) is 16.8 Å². The Hall–Kier alpha value is -3.37. The third kappa shape index (κ3) is 3.76. The zero-order chi connectivity index (χ0) is 19.6. The van der Waals surface area contributed by atoms with E-state index in [1.165, 1.54) is 0 Å². The van der Waals surface area contributed by atoms with Gasteiger partial charge in [0, 0.05) is 11.8 Å². The summed E-state index contributed by atoms with van der Waals surface area (Å²) in [6.45, 7) is 6.08. The minimum Gasteiger partial charge on any atom is -0.364 e. The van der Waals surface area contributed by atoms with E-state index in [1.54, 1.807) is 39.7 Å². The number of benzene rings is 1. The van der Waals surface area contributed by atoms with Crippen LogP contribution < -0.4 is 5.73 Å². The molecule has 0 spiro atoms. The first-order valence-electron chi connectivity index (χ1n) is 8.18. The maximum absolute atomic E-state index is 11.7. The Labute approximate surface area is 161 Å². The zero-order valence-electron chi connectivity index (χ0n) is 14.6. The summed E-state index contributed by atoms with van der Waals surface area (Å²) in [5.74, 6) is -0.546. The Morgan fingerprint density at radius 2 is 2.19 bits per heavy atom. The molecule has 0 aliphatic heterocycles. The van der Waals surface area contributed by atoms with Crippen LogP contribution in [0.25, 0.3) is 17.3 Å². The molecular weight excluding hydrogens is 364 g/mol. The fourth-order valence-corrected chi connectivity index (χ4v) is 2.99. The van der Waals surface area contributed by atoms with Gasteiger partial charge in [0.05, 0.1) is 34.6 Å². The van der Waals surface area contributed by atoms with E-state index in [9.17, 15) is 4.79 Å². The highest BCUT2D eigenvalue weighted by Crippen LogP contribution is 2.24. The van der Waals surface area contributed by atoms with E-state index in [0.717, 1.165) is 11.3 Å². The Bertz CT molecular complexity index is 1060. The second-order valence-electron chi connectivity index (χ2n) is 6.05. The average molecular weight is 381 g/mol. The molecular formula is C19H17ClN6O. The molecule has 0 aliphatic carbocycles. The fourth-order valence-electron chi connectivity index (χ4n) is 2.76. The lowest BCUT2D eigenvalue weighted by Crippen LogP contribution is -2.22. The first-order valence-corrected chi connectivity index (χ1v) is 8.56. The predicted molar refractivity (Wildman–Crippen MR) is 103 cm³/mol. The van der Waals surface area contributed by atoms with Crippen molar-refractivity contribution in [3.8, 4) is 17.3 Å². The van der Waals surface area contributed by atoms with Crippen molar-refractivity contribution in [3.63, 3.8) is 0 Å². The molecule has 2 N–H and O–H groups in total. The van der Waals surface area contributed by atoms with Gasteiger partial charge in [-0.05, 0) is 37.3 Å². The minimum absolute atomic E-state index is 0.154. The Morgan fingerprint density at radius 1 is 1.41 bits per heavy atom. The molecule has 27 heavy (non-hydrogen) atoms. The van der Waals surface area contributed by atoms with Crippen molar-refractivity contribution in [2.75, 3.05) is 0 Å². The van der Waals surface area contributed by atoms with Crippen LogP contribution in [0.2, 0.25) is 5.02 Å². The van der Waals surface area contributed by atoms with Crippen LogP contribution in [0.1, 0.15) is 34.7 Å². The number of hydrogen-bond acceptors (Lipinski definition) is 4. The van der Waals surface area contributed by atoms with E-state index in [4.69, 9.17) is 22.6 Å². The molecule has 1 aromatic carbocycles. The first kappa shape index (κ1) is 18.4. The van der Waals surface area contributed by atoms with Crippen LogP contribution in [0.4, 0.5) is 0 Å². The van der Waals surface area contributed by atoms with Crippen LogP contribution in [0, 0.1) is 11.3 Å². The summed E-state index contributed by atoms with van der Waals surface area (Å²) in [6.07, 6.45) is 3.40. The number of hydrogen-bond donors (Lipinski definition) is 1. The Kier molecular flexibility index (Phi) is 5.10. The SMILES string of the molecule is C=Cc1cc(C(N)=O)n([C@@H](C)Cn2ccc(-c3ccc(C#N)c(Cl)c3)n2)n1. The van der Waals surface area contributed by atoms with Crippen LogP contribution >= 0.6 is 11.6 Å². The van der Waals surface area contributed by atoms with Crippen LogP contribution in [0.5, 0.6) is 0 Å². The summed E-state index contributed by atoms with van der Waals surface area (Å²) in [7, 11) is 0. The van der Waals surface area contributed by atoms with Gasteiger partial charge in [-0.15, -0.1) is 0 Å². The van der Waals surface area contributed by atoms with E-state index in [-0.39, 0.29) is 6.04 Å². The second kappa shape index (κ2) is 7.48. The number of primary amides is 1. The van der Waals surface area contributed by atoms with Gasteiger partial charge in [0.2, 0.25) is 0 Å². The number of amides is 1. The van der Waals surface area contributed by atoms with Crippen molar-refractivity contribution >= 4 is 23.6 Å². The van der Waals surface area contributed by atoms with Crippen molar-refractivity contribution in [2.45, 2.75) is 19.5 Å². The molecule has 2 heterocycles. The van der Waals surface area contributed by atoms with Gasteiger partial charge < -0.3 is 5.73 Å². The number of nitriles is 1. The topological polar surface area (TPSA) is 103 Å². The molecule has 1 amide bonds. The van der Waals surface area contributed by atoms with Gasteiger partial charge in [0.25, 0.3) is 5.91 Å². The van der Waals surface area contributed by atoms with Crippen molar-refractivity contribution in [1.82, 2.24) is 19.6 Å². The lowest BCUT2D eigenvalue weighted by atomic mass is 10.1. The fraction of sp³-hybridized carbons (Fsp3) is 0.158. The molecule has 8 heteroatoms. The monoisotopic (exact) mass is 380 g/mol. The number of carbonyl (C=O) groups is 1. The second-order valence-corrected chi connectivity index (χ2v) is 6.45. The predicted octanol–water partition coefficient (Wildman–Crippen LogP) is 3.27. The van der Waals surface area contributed by atoms with Gasteiger partial charge in [-0.25, -0.2) is 0 Å². The molecule has 0 radical (unpaired) electrons. The Morgan fingerprint density at radius 3 is 2.81 bits per heavy atom. The lowest BCUT2D eigenvalue weighted by Gasteiger charge is -2.14. The molecule has 0 aliphatic rings. The first-order chi connectivity index (χ1) is 12.9. The summed E-state index contributed by atoms with van der Waals surface area (Å²) in [4.78, 5) is 11.7. The summed E-state index contributed by atoms with van der Waals surface area (Å²) in [6, 6.07) is 10.5. The number of carbonyl (C=O) groups excluding carboxylic acids is 1. The molecule has 0 bridgehead atoms.